The molecule has 0 aliphatic heterocycles. The van der Waals surface area contributed by atoms with Crippen LogP contribution in [0.15, 0.2) is 58.8 Å². The second-order valence-corrected chi connectivity index (χ2v) is 5.00. The fraction of sp³-hybridized carbons (Fsp3) is 0.0556. The van der Waals surface area contributed by atoms with Gasteiger partial charge in [0.05, 0.1) is 17.6 Å². The van der Waals surface area contributed by atoms with Gasteiger partial charge in [-0.2, -0.15) is 0 Å². The summed E-state index contributed by atoms with van der Waals surface area (Å²) in [4.78, 5) is 12.1. The van der Waals surface area contributed by atoms with Crippen LogP contribution in [0.5, 0.6) is 11.6 Å². The molecule has 0 spiro atoms. The van der Waals surface area contributed by atoms with Crippen molar-refractivity contribution in [1.29, 1.82) is 0 Å². The number of terminal acetylenes is 1. The van der Waals surface area contributed by atoms with Crippen LogP contribution in [0.1, 0.15) is 10.4 Å². The number of azo groups is 1. The van der Waals surface area contributed by atoms with Gasteiger partial charge in [0, 0.05) is 5.39 Å². The second-order valence-electron chi connectivity index (χ2n) is 5.00. The van der Waals surface area contributed by atoms with Crippen LogP contribution in [-0.4, -0.2) is 20.7 Å². The van der Waals surface area contributed by atoms with E-state index in [0.29, 0.717) is 10.9 Å². The monoisotopic (exact) mass is 319 g/mol. The predicted molar refractivity (Wildman–Crippen MR) is 89.4 cm³/mol. The summed E-state index contributed by atoms with van der Waals surface area (Å²) in [5.74, 6) is 1.41. The zero-order valence-corrected chi connectivity index (χ0v) is 12.5. The molecule has 0 saturated heterocycles. The number of nitrogens with zero attached hydrogens (tertiary/aromatic N) is 3. The number of phenolic OH excluding ortho intramolecular Hbond substituents is 1. The fourth-order valence-electron chi connectivity index (χ4n) is 2.43. The number of aromatic hydroxyl groups is 2. The summed E-state index contributed by atoms with van der Waals surface area (Å²) < 4.78 is 1.51. The first kappa shape index (κ1) is 15.3. The molecule has 0 saturated carbocycles. The van der Waals surface area contributed by atoms with Gasteiger partial charge in [-0.05, 0) is 18.2 Å². The van der Waals surface area contributed by atoms with E-state index in [-0.39, 0.29) is 29.4 Å². The van der Waals surface area contributed by atoms with Crippen molar-refractivity contribution < 1.29 is 15.0 Å². The maximum Gasteiger partial charge on any atom is 0.299 e. The minimum atomic E-state index is -0.707. The zero-order chi connectivity index (χ0) is 17.1. The number of hydrogen-bond donors (Lipinski definition) is 2. The molecule has 0 aliphatic rings. The highest BCUT2D eigenvalue weighted by molar-refractivity contribution is 5.98. The van der Waals surface area contributed by atoms with E-state index in [4.69, 9.17) is 6.42 Å². The Labute approximate surface area is 137 Å². The first-order valence-electron chi connectivity index (χ1n) is 7.11. The van der Waals surface area contributed by atoms with E-state index in [1.807, 2.05) is 6.07 Å². The van der Waals surface area contributed by atoms with Crippen molar-refractivity contribution in [3.63, 3.8) is 0 Å². The molecule has 0 aliphatic carbocycles. The summed E-state index contributed by atoms with van der Waals surface area (Å²) in [6, 6.07) is 13.2. The van der Waals surface area contributed by atoms with Crippen molar-refractivity contribution in [2.75, 3.05) is 0 Å². The molecule has 3 aromatic rings. The number of rotatable bonds is 3. The molecule has 6 nitrogen and oxygen atoms in total. The van der Waals surface area contributed by atoms with Crippen molar-refractivity contribution in [3.05, 3.63) is 54.1 Å². The van der Waals surface area contributed by atoms with E-state index < -0.39 is 5.91 Å². The fourth-order valence-corrected chi connectivity index (χ4v) is 2.43. The minimum Gasteiger partial charge on any atom is -0.507 e. The van der Waals surface area contributed by atoms with E-state index >= 15 is 0 Å². The van der Waals surface area contributed by atoms with Crippen LogP contribution in [0.25, 0.3) is 10.9 Å². The van der Waals surface area contributed by atoms with E-state index in [9.17, 15) is 15.0 Å². The van der Waals surface area contributed by atoms with E-state index in [1.165, 1.54) is 16.7 Å². The van der Waals surface area contributed by atoms with Crippen molar-refractivity contribution in [2.24, 2.45) is 10.2 Å². The number of carbonyl (C=O) groups excluding carboxylic acids is 1. The quantitative estimate of drug-likeness (QED) is 0.571. The molecule has 6 heteroatoms. The van der Waals surface area contributed by atoms with Crippen LogP contribution in [-0.2, 0) is 6.54 Å². The van der Waals surface area contributed by atoms with Crippen molar-refractivity contribution in [1.82, 2.24) is 4.57 Å². The van der Waals surface area contributed by atoms with Gasteiger partial charge in [0.25, 0.3) is 5.91 Å². The maximum absolute atomic E-state index is 12.1. The average Bonchev–Trinajstić information content (AvgIpc) is 2.86. The number of benzene rings is 2. The summed E-state index contributed by atoms with van der Waals surface area (Å²) in [5, 5.41) is 28.1. The maximum atomic E-state index is 12.1. The Morgan fingerprint density at radius 3 is 2.58 bits per heavy atom. The number of amides is 1. The lowest BCUT2D eigenvalue weighted by atomic mass is 10.2. The van der Waals surface area contributed by atoms with E-state index in [2.05, 4.69) is 16.1 Å². The SMILES string of the molecule is C#CCn1c(O)c(N=NC(=O)c2ccccc2O)c2ccccc21. The van der Waals surface area contributed by atoms with Gasteiger partial charge in [-0.25, -0.2) is 0 Å². The molecule has 0 atom stereocenters. The topological polar surface area (TPSA) is 87.2 Å². The lowest BCUT2D eigenvalue weighted by Gasteiger charge is -2.00. The number of hydrogen-bond acceptors (Lipinski definition) is 4. The molecule has 0 fully saturated rings. The van der Waals surface area contributed by atoms with Crippen LogP contribution in [0.4, 0.5) is 5.69 Å². The third kappa shape index (κ3) is 2.59. The van der Waals surface area contributed by atoms with Gasteiger partial charge in [0.15, 0.2) is 5.69 Å². The minimum absolute atomic E-state index is 0.0353. The van der Waals surface area contributed by atoms with Gasteiger partial charge >= 0.3 is 0 Å². The summed E-state index contributed by atoms with van der Waals surface area (Å²) in [5.41, 5.74) is 0.884. The summed E-state index contributed by atoms with van der Waals surface area (Å²) in [6.45, 7) is 0.162. The number of aromatic nitrogens is 1. The number of phenols is 1. The van der Waals surface area contributed by atoms with Gasteiger partial charge < -0.3 is 10.2 Å². The van der Waals surface area contributed by atoms with Crippen molar-refractivity contribution >= 4 is 22.5 Å². The summed E-state index contributed by atoms with van der Waals surface area (Å²) in [6.07, 6.45) is 5.33. The van der Waals surface area contributed by atoms with Crippen molar-refractivity contribution in [2.45, 2.75) is 6.54 Å². The lowest BCUT2D eigenvalue weighted by Crippen LogP contribution is -1.94. The third-order valence-corrected chi connectivity index (χ3v) is 3.54. The normalized spacial score (nSPS) is 11.0. The summed E-state index contributed by atoms with van der Waals surface area (Å²) >= 11 is 0. The van der Waals surface area contributed by atoms with E-state index in [1.54, 1.807) is 30.3 Å². The van der Waals surface area contributed by atoms with Crippen LogP contribution >= 0.6 is 0 Å². The molecule has 1 aromatic heterocycles. The number of para-hydroxylation sites is 2. The van der Waals surface area contributed by atoms with Crippen molar-refractivity contribution in [3.8, 4) is 24.0 Å². The van der Waals surface area contributed by atoms with Gasteiger partial charge in [0.2, 0.25) is 5.88 Å². The molecule has 1 amide bonds. The molecular weight excluding hydrogens is 306 g/mol. The molecule has 2 N–H and O–H groups in total. The molecule has 2 aromatic carbocycles. The Morgan fingerprint density at radius 2 is 1.83 bits per heavy atom. The molecule has 1 heterocycles. The first-order valence-corrected chi connectivity index (χ1v) is 7.11. The van der Waals surface area contributed by atoms with Crippen LogP contribution in [0.3, 0.4) is 0 Å². The number of fused-ring (bicyclic) bond motifs is 1. The highest BCUT2D eigenvalue weighted by Gasteiger charge is 2.16. The van der Waals surface area contributed by atoms with Gasteiger partial charge in [-0.3, -0.25) is 9.36 Å². The Balaban J connectivity index is 2.05. The highest BCUT2D eigenvalue weighted by Crippen LogP contribution is 2.38. The smallest absolute Gasteiger partial charge is 0.299 e. The van der Waals surface area contributed by atoms with Crippen LogP contribution < -0.4 is 0 Å². The molecular formula is C18H13N3O3. The van der Waals surface area contributed by atoms with Gasteiger partial charge in [0.1, 0.15) is 5.75 Å². The Kier molecular flexibility index (Phi) is 4.00. The largest absolute Gasteiger partial charge is 0.507 e. The third-order valence-electron chi connectivity index (χ3n) is 3.54. The molecule has 118 valence electrons. The highest BCUT2D eigenvalue weighted by atomic mass is 16.3. The van der Waals surface area contributed by atoms with Crippen LogP contribution in [0.2, 0.25) is 0 Å². The molecule has 24 heavy (non-hydrogen) atoms. The van der Waals surface area contributed by atoms with Gasteiger partial charge in [-0.1, -0.05) is 36.3 Å². The average molecular weight is 319 g/mol. The summed E-state index contributed by atoms with van der Waals surface area (Å²) in [7, 11) is 0. The Hall–Kier alpha value is -3.59. The molecule has 3 rings (SSSR count). The first-order chi connectivity index (χ1) is 11.6. The predicted octanol–water partition coefficient (Wildman–Crippen LogP) is 3.61. The zero-order valence-electron chi connectivity index (χ0n) is 12.5. The van der Waals surface area contributed by atoms with E-state index in [0.717, 1.165) is 0 Å². The van der Waals surface area contributed by atoms with Crippen LogP contribution in [0, 0.1) is 12.3 Å². The second kappa shape index (κ2) is 6.26. The lowest BCUT2D eigenvalue weighted by molar-refractivity contribution is 0.0992. The molecule has 0 radical (unpaired) electrons. The molecule has 0 bridgehead atoms. The Morgan fingerprint density at radius 1 is 1.12 bits per heavy atom. The van der Waals surface area contributed by atoms with Gasteiger partial charge in [-0.15, -0.1) is 16.7 Å². The Bertz CT molecular complexity index is 996. The number of carbonyl (C=O) groups is 1. The molecule has 0 unspecified atom stereocenters. The standard InChI is InChI=1S/C18H13N3O3/c1-2-11-21-14-9-5-3-7-12(14)16(18(21)24)19-20-17(23)13-8-4-6-10-15(13)22/h1,3-10,22,24H,11H2.